The van der Waals surface area contributed by atoms with Gasteiger partial charge in [-0.15, -0.1) is 0 Å². The summed E-state index contributed by atoms with van der Waals surface area (Å²) in [5, 5.41) is 3.37. The van der Waals surface area contributed by atoms with Crippen molar-refractivity contribution in [3.8, 4) is 0 Å². The third kappa shape index (κ3) is 6.76. The van der Waals surface area contributed by atoms with Crippen LogP contribution in [0, 0.1) is 0 Å². The Morgan fingerprint density at radius 2 is 2.14 bits per heavy atom. The highest BCUT2D eigenvalue weighted by molar-refractivity contribution is 5.80. The molecule has 1 fully saturated rings. The monoisotopic (exact) mass is 300 g/mol. The van der Waals surface area contributed by atoms with E-state index in [1.807, 2.05) is 13.8 Å². The summed E-state index contributed by atoms with van der Waals surface area (Å²) in [7, 11) is 0. The first-order valence-electron chi connectivity index (χ1n) is 8.23. The summed E-state index contributed by atoms with van der Waals surface area (Å²) in [5.74, 6) is -0.141. The second-order valence-electron chi connectivity index (χ2n) is 6.26. The molecule has 1 atom stereocenters. The van der Waals surface area contributed by atoms with Gasteiger partial charge in [0.1, 0.15) is 5.54 Å². The lowest BCUT2D eigenvalue weighted by atomic mass is 9.94. The quantitative estimate of drug-likeness (QED) is 0.693. The van der Waals surface area contributed by atoms with Gasteiger partial charge in [-0.3, -0.25) is 10.1 Å². The van der Waals surface area contributed by atoms with Crippen molar-refractivity contribution in [3.05, 3.63) is 0 Å². The fourth-order valence-electron chi connectivity index (χ4n) is 2.84. The van der Waals surface area contributed by atoms with Gasteiger partial charge in [-0.05, 0) is 53.5 Å². The van der Waals surface area contributed by atoms with Crippen LogP contribution >= 0.6 is 0 Å². The molecule has 21 heavy (non-hydrogen) atoms. The Bertz CT molecular complexity index is 302. The maximum absolute atomic E-state index is 12.2. The molecule has 1 aliphatic rings. The molecule has 0 aromatic rings. The van der Waals surface area contributed by atoms with Gasteiger partial charge in [0.2, 0.25) is 0 Å². The summed E-state index contributed by atoms with van der Waals surface area (Å²) in [5.41, 5.74) is -0.591. The van der Waals surface area contributed by atoms with Crippen LogP contribution in [-0.2, 0) is 14.3 Å². The van der Waals surface area contributed by atoms with Gasteiger partial charge in [0, 0.05) is 25.7 Å². The van der Waals surface area contributed by atoms with Crippen molar-refractivity contribution < 1.29 is 14.3 Å². The third-order valence-electron chi connectivity index (χ3n) is 3.80. The predicted octanol–water partition coefficient (Wildman–Crippen LogP) is 1.81. The number of ether oxygens (including phenoxy) is 2. The van der Waals surface area contributed by atoms with Crippen LogP contribution in [0.1, 0.15) is 47.0 Å². The number of nitrogens with zero attached hydrogens (tertiary/aromatic N) is 1. The molecule has 0 bridgehead atoms. The lowest BCUT2D eigenvalue weighted by Crippen LogP contribution is -2.53. The van der Waals surface area contributed by atoms with Crippen LogP contribution in [0.2, 0.25) is 0 Å². The van der Waals surface area contributed by atoms with E-state index in [1.54, 1.807) is 0 Å². The first-order chi connectivity index (χ1) is 9.98. The molecule has 0 aromatic carbocycles. The van der Waals surface area contributed by atoms with Crippen LogP contribution < -0.4 is 5.32 Å². The molecule has 5 nitrogen and oxygen atoms in total. The highest BCUT2D eigenvalue weighted by atomic mass is 16.5. The molecule has 1 saturated heterocycles. The molecule has 0 spiro atoms. The van der Waals surface area contributed by atoms with Crippen LogP contribution in [0.5, 0.6) is 0 Å². The van der Waals surface area contributed by atoms with Gasteiger partial charge >= 0.3 is 5.97 Å². The molecule has 0 radical (unpaired) electrons. The predicted molar refractivity (Wildman–Crippen MR) is 84.4 cm³/mol. The Kier molecular flexibility index (Phi) is 8.22. The largest absolute Gasteiger partial charge is 0.465 e. The minimum absolute atomic E-state index is 0.141. The molecule has 1 N–H and O–H groups in total. The smallest absolute Gasteiger partial charge is 0.326 e. The zero-order valence-corrected chi connectivity index (χ0v) is 14.1. The molecule has 1 rings (SSSR count). The highest BCUT2D eigenvalue weighted by Crippen LogP contribution is 2.17. The van der Waals surface area contributed by atoms with E-state index in [9.17, 15) is 4.79 Å². The summed E-state index contributed by atoms with van der Waals surface area (Å²) >= 11 is 0. The van der Waals surface area contributed by atoms with E-state index in [4.69, 9.17) is 9.47 Å². The van der Waals surface area contributed by atoms with Gasteiger partial charge in [-0.2, -0.15) is 0 Å². The van der Waals surface area contributed by atoms with E-state index in [2.05, 4.69) is 24.1 Å². The van der Waals surface area contributed by atoms with Crippen molar-refractivity contribution in [2.75, 3.05) is 39.5 Å². The fraction of sp³-hybridized carbons (Fsp3) is 0.938. The maximum Gasteiger partial charge on any atom is 0.326 e. The van der Waals surface area contributed by atoms with Gasteiger partial charge in [0.15, 0.2) is 0 Å². The summed E-state index contributed by atoms with van der Waals surface area (Å²) in [6, 6.07) is 0.256. The number of carbonyl (C=O) groups excluding carboxylic acids is 1. The number of rotatable bonds is 8. The second kappa shape index (κ2) is 9.38. The van der Waals surface area contributed by atoms with Crippen molar-refractivity contribution in [2.24, 2.45) is 0 Å². The number of carbonyl (C=O) groups is 1. The van der Waals surface area contributed by atoms with Crippen molar-refractivity contribution in [1.29, 1.82) is 0 Å². The van der Waals surface area contributed by atoms with Crippen molar-refractivity contribution in [3.63, 3.8) is 0 Å². The average Bonchev–Trinajstić information content (AvgIpc) is 2.67. The molecule has 1 aliphatic heterocycles. The summed E-state index contributed by atoms with van der Waals surface area (Å²) in [6.07, 6.45) is 2.87. The molecule has 1 heterocycles. The molecule has 0 aromatic heterocycles. The zero-order chi connectivity index (χ0) is 15.7. The molecule has 0 aliphatic carbocycles. The average molecular weight is 300 g/mol. The maximum atomic E-state index is 12.2. The Morgan fingerprint density at radius 3 is 2.81 bits per heavy atom. The molecule has 124 valence electrons. The van der Waals surface area contributed by atoms with Crippen LogP contribution in [0.25, 0.3) is 0 Å². The second-order valence-corrected chi connectivity index (χ2v) is 6.26. The van der Waals surface area contributed by atoms with Crippen LogP contribution in [0.3, 0.4) is 0 Å². The third-order valence-corrected chi connectivity index (χ3v) is 3.80. The molecule has 5 heteroatoms. The minimum atomic E-state index is -0.591. The lowest BCUT2D eigenvalue weighted by Gasteiger charge is -2.31. The minimum Gasteiger partial charge on any atom is -0.465 e. The van der Waals surface area contributed by atoms with E-state index >= 15 is 0 Å². The number of hydrogen-bond donors (Lipinski definition) is 1. The van der Waals surface area contributed by atoms with Crippen molar-refractivity contribution >= 4 is 5.97 Å². The van der Waals surface area contributed by atoms with Gasteiger partial charge in [0.25, 0.3) is 0 Å². The standard InChI is InChI=1S/C16H32N2O3/c1-5-21-15(19)16(4,17-14(2)3)8-6-9-18-10-7-12-20-13-11-18/h14,17H,5-13H2,1-4H3. The SMILES string of the molecule is CCOC(=O)C(C)(CCCN1CCCOCC1)NC(C)C. The fourth-order valence-corrected chi connectivity index (χ4v) is 2.84. The van der Waals surface area contributed by atoms with Gasteiger partial charge in [-0.25, -0.2) is 0 Å². The number of hydrogen-bond acceptors (Lipinski definition) is 5. The number of esters is 1. The Balaban J connectivity index is 2.46. The van der Waals surface area contributed by atoms with Crippen LogP contribution in [-0.4, -0.2) is 61.9 Å². The highest BCUT2D eigenvalue weighted by Gasteiger charge is 2.34. The summed E-state index contributed by atoms with van der Waals surface area (Å²) < 4.78 is 10.7. The molecule has 0 amide bonds. The lowest BCUT2D eigenvalue weighted by molar-refractivity contribution is -0.151. The molecule has 1 unspecified atom stereocenters. The summed E-state index contributed by atoms with van der Waals surface area (Å²) in [4.78, 5) is 14.6. The van der Waals surface area contributed by atoms with Crippen LogP contribution in [0.15, 0.2) is 0 Å². The Hall–Kier alpha value is -0.650. The van der Waals surface area contributed by atoms with Crippen molar-refractivity contribution in [2.45, 2.75) is 58.5 Å². The van der Waals surface area contributed by atoms with E-state index in [0.717, 1.165) is 52.1 Å². The molecule has 0 saturated carbocycles. The van der Waals surface area contributed by atoms with Gasteiger partial charge in [0.05, 0.1) is 13.2 Å². The summed E-state index contributed by atoms with van der Waals surface area (Å²) in [6.45, 7) is 13.1. The Labute approximate surface area is 129 Å². The van der Waals surface area contributed by atoms with Crippen LogP contribution in [0.4, 0.5) is 0 Å². The zero-order valence-electron chi connectivity index (χ0n) is 14.1. The number of nitrogens with one attached hydrogen (secondary N) is 1. The van der Waals surface area contributed by atoms with E-state index in [-0.39, 0.29) is 12.0 Å². The van der Waals surface area contributed by atoms with Crippen molar-refractivity contribution in [1.82, 2.24) is 10.2 Å². The first-order valence-corrected chi connectivity index (χ1v) is 8.23. The molecular weight excluding hydrogens is 268 g/mol. The topological polar surface area (TPSA) is 50.8 Å². The van der Waals surface area contributed by atoms with Gasteiger partial charge in [-0.1, -0.05) is 0 Å². The van der Waals surface area contributed by atoms with E-state index in [1.165, 1.54) is 0 Å². The Morgan fingerprint density at radius 1 is 1.38 bits per heavy atom. The van der Waals surface area contributed by atoms with E-state index in [0.29, 0.717) is 6.61 Å². The first kappa shape index (κ1) is 18.4. The normalized spacial score (nSPS) is 20.0. The molecular formula is C16H32N2O3. The van der Waals surface area contributed by atoms with Gasteiger partial charge < -0.3 is 14.4 Å². The van der Waals surface area contributed by atoms with E-state index < -0.39 is 5.54 Å².